The van der Waals surface area contributed by atoms with Crippen LogP contribution in [0.2, 0.25) is 0 Å². The predicted molar refractivity (Wildman–Crippen MR) is 110 cm³/mol. The lowest BCUT2D eigenvalue weighted by Crippen LogP contribution is -2.63. The number of rotatable bonds is 11. The molecule has 0 unspecified atom stereocenters. The fraction of sp³-hybridized carbons (Fsp3) is 0.227. The zero-order valence-corrected chi connectivity index (χ0v) is 16.7. The third-order valence-electron chi connectivity index (χ3n) is 3.91. The van der Waals surface area contributed by atoms with Gasteiger partial charge in [-0.2, -0.15) is 0 Å². The van der Waals surface area contributed by atoms with Crippen LogP contribution in [0.15, 0.2) is 85.5 Å². The fourth-order valence-corrected chi connectivity index (χ4v) is 5.71. The Morgan fingerprint density at radius 2 is 1.44 bits per heavy atom. The van der Waals surface area contributed by atoms with Crippen LogP contribution in [0.1, 0.15) is 13.3 Å². The fourth-order valence-electron chi connectivity index (χ4n) is 2.59. The normalized spacial score (nSPS) is 11.0. The average molecular weight is 383 g/mol. The Hall–Kier alpha value is -2.47. The molecule has 0 saturated carbocycles. The van der Waals surface area contributed by atoms with Gasteiger partial charge in [0.25, 0.3) is 0 Å². The molecule has 0 heterocycles. The van der Waals surface area contributed by atoms with Gasteiger partial charge in [0.15, 0.2) is 0 Å². The van der Waals surface area contributed by atoms with Crippen LogP contribution < -0.4 is 10.4 Å². The Labute approximate surface area is 162 Å². The second-order valence-electron chi connectivity index (χ2n) is 6.04. The third kappa shape index (κ3) is 5.75. The molecule has 0 N–H and O–H groups in total. The summed E-state index contributed by atoms with van der Waals surface area (Å²) in [4.78, 5) is 11.6. The van der Waals surface area contributed by atoms with Crippen molar-refractivity contribution in [3.05, 3.63) is 85.5 Å². The SMILES string of the molecule is C=CCCO[Si](OCCOC(=O)C(=C)C)(c1ccccc1)c1ccccc1. The van der Waals surface area contributed by atoms with Crippen LogP contribution in [0.4, 0.5) is 0 Å². The molecule has 27 heavy (non-hydrogen) atoms. The van der Waals surface area contributed by atoms with Crippen LogP contribution in [0.3, 0.4) is 0 Å². The second kappa shape index (κ2) is 10.6. The summed E-state index contributed by atoms with van der Waals surface area (Å²) in [6.07, 6.45) is 2.55. The van der Waals surface area contributed by atoms with Gasteiger partial charge in [-0.25, -0.2) is 4.79 Å². The largest absolute Gasteiger partial charge is 0.460 e. The number of carbonyl (C=O) groups is 1. The lowest BCUT2D eigenvalue weighted by Gasteiger charge is -2.31. The quantitative estimate of drug-likeness (QED) is 0.197. The van der Waals surface area contributed by atoms with Crippen molar-refractivity contribution in [3.63, 3.8) is 0 Å². The second-order valence-corrected chi connectivity index (χ2v) is 9.00. The average Bonchev–Trinajstić information content (AvgIpc) is 2.71. The highest BCUT2D eigenvalue weighted by molar-refractivity contribution is 6.92. The minimum absolute atomic E-state index is 0.144. The van der Waals surface area contributed by atoms with Crippen LogP contribution >= 0.6 is 0 Å². The summed E-state index contributed by atoms with van der Waals surface area (Å²) in [7, 11) is -2.95. The van der Waals surface area contributed by atoms with Gasteiger partial charge in [0, 0.05) is 12.2 Å². The van der Waals surface area contributed by atoms with Crippen molar-refractivity contribution in [2.45, 2.75) is 13.3 Å². The van der Waals surface area contributed by atoms with E-state index in [9.17, 15) is 4.79 Å². The van der Waals surface area contributed by atoms with Gasteiger partial charge in [0.1, 0.15) is 6.61 Å². The van der Waals surface area contributed by atoms with Crippen LogP contribution in [0.25, 0.3) is 0 Å². The molecule has 0 aromatic heterocycles. The summed E-state index contributed by atoms with van der Waals surface area (Å²) in [6.45, 7) is 9.86. The molecule has 0 saturated heterocycles. The molecule has 4 nitrogen and oxygen atoms in total. The van der Waals surface area contributed by atoms with E-state index in [4.69, 9.17) is 13.6 Å². The molecule has 0 atom stereocenters. The number of esters is 1. The maximum Gasteiger partial charge on any atom is 0.407 e. The number of hydrogen-bond donors (Lipinski definition) is 0. The number of carbonyl (C=O) groups excluding carboxylic acids is 1. The third-order valence-corrected chi connectivity index (χ3v) is 7.31. The standard InChI is InChI=1S/C22H26O4Si/c1-4-5-16-25-27(20-12-8-6-9-13-20,21-14-10-7-11-15-21)26-18-17-24-22(23)19(2)3/h4,6-15H,1-2,5,16-18H2,3H3. The van der Waals surface area contributed by atoms with E-state index in [1.807, 2.05) is 66.7 Å². The highest BCUT2D eigenvalue weighted by Crippen LogP contribution is 2.11. The summed E-state index contributed by atoms with van der Waals surface area (Å²) in [6, 6.07) is 19.9. The number of hydrogen-bond acceptors (Lipinski definition) is 4. The Bertz CT molecular complexity index is 704. The summed E-state index contributed by atoms with van der Waals surface area (Å²) in [5.74, 6) is -0.419. The molecule has 0 fully saturated rings. The Morgan fingerprint density at radius 3 is 1.93 bits per heavy atom. The minimum Gasteiger partial charge on any atom is -0.460 e. The maximum atomic E-state index is 11.6. The van der Waals surface area contributed by atoms with E-state index < -0.39 is 14.5 Å². The molecule has 2 aromatic carbocycles. The van der Waals surface area contributed by atoms with E-state index in [2.05, 4.69) is 13.2 Å². The van der Waals surface area contributed by atoms with Crippen LogP contribution in [0.5, 0.6) is 0 Å². The zero-order chi connectivity index (χ0) is 19.5. The number of ether oxygens (including phenoxy) is 1. The Morgan fingerprint density at radius 1 is 0.926 bits per heavy atom. The van der Waals surface area contributed by atoms with Crippen LogP contribution in [-0.4, -0.2) is 34.4 Å². The maximum absolute atomic E-state index is 11.6. The molecule has 0 aliphatic heterocycles. The van der Waals surface area contributed by atoms with Gasteiger partial charge >= 0.3 is 14.5 Å². The molecule has 0 bridgehead atoms. The first-order valence-corrected chi connectivity index (χ1v) is 10.7. The first-order valence-electron chi connectivity index (χ1n) is 8.92. The molecule has 142 valence electrons. The molecule has 2 rings (SSSR count). The minimum atomic E-state index is -2.95. The van der Waals surface area contributed by atoms with Crippen molar-refractivity contribution in [2.75, 3.05) is 19.8 Å². The van der Waals surface area contributed by atoms with Crippen molar-refractivity contribution < 1.29 is 18.4 Å². The van der Waals surface area contributed by atoms with Gasteiger partial charge in [0.2, 0.25) is 0 Å². The van der Waals surface area contributed by atoms with Gasteiger partial charge in [-0.15, -0.1) is 6.58 Å². The first kappa shape index (κ1) is 20.8. The van der Waals surface area contributed by atoms with Crippen molar-refractivity contribution >= 4 is 24.9 Å². The topological polar surface area (TPSA) is 44.8 Å². The molecule has 5 heteroatoms. The predicted octanol–water partition coefficient (Wildman–Crippen LogP) is 2.97. The summed E-state index contributed by atoms with van der Waals surface area (Å²) >= 11 is 0. The molecule has 0 amide bonds. The monoisotopic (exact) mass is 382 g/mol. The van der Waals surface area contributed by atoms with Crippen molar-refractivity contribution in [3.8, 4) is 0 Å². The van der Waals surface area contributed by atoms with Gasteiger partial charge < -0.3 is 13.6 Å². The first-order chi connectivity index (χ1) is 13.1. The van der Waals surface area contributed by atoms with E-state index in [1.54, 1.807) is 6.92 Å². The Balaban J connectivity index is 2.28. The highest BCUT2D eigenvalue weighted by Gasteiger charge is 2.42. The van der Waals surface area contributed by atoms with Crippen LogP contribution in [0, 0.1) is 0 Å². The summed E-state index contributed by atoms with van der Waals surface area (Å²) < 4.78 is 17.9. The van der Waals surface area contributed by atoms with Gasteiger partial charge in [-0.05, 0) is 23.7 Å². The van der Waals surface area contributed by atoms with Crippen molar-refractivity contribution in [1.82, 2.24) is 0 Å². The molecular weight excluding hydrogens is 356 g/mol. The highest BCUT2D eigenvalue weighted by atomic mass is 28.4. The lowest BCUT2D eigenvalue weighted by molar-refractivity contribution is -0.139. The van der Waals surface area contributed by atoms with E-state index in [1.165, 1.54) is 0 Å². The van der Waals surface area contributed by atoms with E-state index in [0.717, 1.165) is 16.8 Å². The van der Waals surface area contributed by atoms with Crippen molar-refractivity contribution in [2.24, 2.45) is 0 Å². The summed E-state index contributed by atoms with van der Waals surface area (Å²) in [5, 5.41) is 2.01. The molecule has 0 radical (unpaired) electrons. The van der Waals surface area contributed by atoms with E-state index in [0.29, 0.717) is 12.2 Å². The number of benzene rings is 2. The molecule has 0 aliphatic carbocycles. The smallest absolute Gasteiger partial charge is 0.407 e. The Kier molecular flexibility index (Phi) is 8.20. The molecule has 0 aliphatic rings. The van der Waals surface area contributed by atoms with Crippen molar-refractivity contribution in [1.29, 1.82) is 0 Å². The van der Waals surface area contributed by atoms with Crippen LogP contribution in [-0.2, 0) is 18.4 Å². The van der Waals surface area contributed by atoms with E-state index in [-0.39, 0.29) is 13.2 Å². The summed E-state index contributed by atoms with van der Waals surface area (Å²) in [5.41, 5.74) is 0.367. The molecular formula is C22H26O4Si. The molecule has 2 aromatic rings. The zero-order valence-electron chi connectivity index (χ0n) is 15.7. The van der Waals surface area contributed by atoms with E-state index >= 15 is 0 Å². The molecule has 0 spiro atoms. The van der Waals surface area contributed by atoms with Gasteiger partial charge in [0.05, 0.1) is 6.61 Å². The van der Waals surface area contributed by atoms with Gasteiger partial charge in [-0.1, -0.05) is 73.3 Å². The lowest BCUT2D eigenvalue weighted by atomic mass is 10.4. The van der Waals surface area contributed by atoms with Gasteiger partial charge in [-0.3, -0.25) is 0 Å².